The molecule has 1 heterocycles. The Hall–Kier alpha value is -3.03. The number of aromatic nitrogens is 1. The molecule has 0 atom stereocenters. The Kier molecular flexibility index (Phi) is 3.56. The SMILES string of the molecule is O=C(O)c1ccnc(Oc2cc(F)ccc2[N+](=O)[O-])c1. The Morgan fingerprint density at radius 1 is 1.35 bits per heavy atom. The number of carbonyl (C=O) groups is 1. The molecule has 0 fully saturated rings. The second kappa shape index (κ2) is 5.31. The molecule has 0 aliphatic rings. The van der Waals surface area contributed by atoms with Crippen molar-refractivity contribution < 1.29 is 24.0 Å². The lowest BCUT2D eigenvalue weighted by Gasteiger charge is -2.05. The van der Waals surface area contributed by atoms with Crippen molar-refractivity contribution in [2.24, 2.45) is 0 Å². The van der Waals surface area contributed by atoms with E-state index in [1.165, 1.54) is 12.3 Å². The van der Waals surface area contributed by atoms with E-state index < -0.39 is 22.4 Å². The van der Waals surface area contributed by atoms with Crippen LogP contribution in [0, 0.1) is 15.9 Å². The third kappa shape index (κ3) is 2.86. The Morgan fingerprint density at radius 2 is 2.10 bits per heavy atom. The van der Waals surface area contributed by atoms with Gasteiger partial charge in [-0.15, -0.1) is 0 Å². The molecule has 1 N–H and O–H groups in total. The lowest BCUT2D eigenvalue weighted by molar-refractivity contribution is -0.385. The van der Waals surface area contributed by atoms with Crippen molar-refractivity contribution in [3.63, 3.8) is 0 Å². The zero-order chi connectivity index (χ0) is 14.7. The van der Waals surface area contributed by atoms with E-state index in [9.17, 15) is 19.3 Å². The van der Waals surface area contributed by atoms with Crippen LogP contribution in [0.4, 0.5) is 10.1 Å². The first-order valence-electron chi connectivity index (χ1n) is 5.28. The van der Waals surface area contributed by atoms with Gasteiger partial charge < -0.3 is 9.84 Å². The average Bonchev–Trinajstić information content (AvgIpc) is 2.38. The maximum atomic E-state index is 13.1. The van der Waals surface area contributed by atoms with Gasteiger partial charge in [0, 0.05) is 24.4 Å². The quantitative estimate of drug-likeness (QED) is 0.681. The maximum absolute atomic E-state index is 13.1. The lowest BCUT2D eigenvalue weighted by atomic mass is 10.2. The number of pyridine rings is 1. The summed E-state index contributed by atoms with van der Waals surface area (Å²) >= 11 is 0. The number of hydrogen-bond donors (Lipinski definition) is 1. The zero-order valence-corrected chi connectivity index (χ0v) is 9.82. The molecule has 7 nitrogen and oxygen atoms in total. The highest BCUT2D eigenvalue weighted by atomic mass is 19.1. The van der Waals surface area contributed by atoms with Gasteiger partial charge in [-0.25, -0.2) is 14.2 Å². The summed E-state index contributed by atoms with van der Waals surface area (Å²) in [6.07, 6.45) is 1.17. The molecule has 20 heavy (non-hydrogen) atoms. The number of carboxylic acids is 1. The smallest absolute Gasteiger partial charge is 0.335 e. The molecule has 102 valence electrons. The average molecular weight is 278 g/mol. The summed E-state index contributed by atoms with van der Waals surface area (Å²) < 4.78 is 18.2. The van der Waals surface area contributed by atoms with Crippen LogP contribution >= 0.6 is 0 Å². The van der Waals surface area contributed by atoms with E-state index in [-0.39, 0.29) is 17.2 Å². The van der Waals surface area contributed by atoms with Crippen molar-refractivity contribution in [3.05, 3.63) is 58.0 Å². The van der Waals surface area contributed by atoms with Gasteiger partial charge in [-0.05, 0) is 12.1 Å². The van der Waals surface area contributed by atoms with E-state index in [1.807, 2.05) is 0 Å². The van der Waals surface area contributed by atoms with Crippen LogP contribution in [0.5, 0.6) is 11.6 Å². The van der Waals surface area contributed by atoms with Crippen molar-refractivity contribution >= 4 is 11.7 Å². The van der Waals surface area contributed by atoms with Crippen LogP contribution in [0.15, 0.2) is 36.5 Å². The highest BCUT2D eigenvalue weighted by Crippen LogP contribution is 2.31. The first kappa shape index (κ1) is 13.4. The third-order valence-electron chi connectivity index (χ3n) is 2.31. The second-order valence-electron chi connectivity index (χ2n) is 3.66. The molecule has 0 saturated heterocycles. The first-order valence-corrected chi connectivity index (χ1v) is 5.28. The normalized spacial score (nSPS) is 10.1. The Morgan fingerprint density at radius 3 is 2.75 bits per heavy atom. The van der Waals surface area contributed by atoms with Gasteiger partial charge >= 0.3 is 11.7 Å². The Balaban J connectivity index is 2.39. The maximum Gasteiger partial charge on any atom is 0.335 e. The molecule has 8 heteroatoms. The van der Waals surface area contributed by atoms with Crippen molar-refractivity contribution in [1.29, 1.82) is 0 Å². The molecule has 2 aromatic rings. The van der Waals surface area contributed by atoms with Gasteiger partial charge in [-0.2, -0.15) is 0 Å². The third-order valence-corrected chi connectivity index (χ3v) is 2.31. The van der Waals surface area contributed by atoms with Gasteiger partial charge in [0.1, 0.15) is 5.82 Å². The summed E-state index contributed by atoms with van der Waals surface area (Å²) in [5.74, 6) is -2.46. The molecule has 0 aliphatic carbocycles. The van der Waals surface area contributed by atoms with E-state index in [0.717, 1.165) is 24.3 Å². The van der Waals surface area contributed by atoms with Crippen LogP contribution < -0.4 is 4.74 Å². The number of hydrogen-bond acceptors (Lipinski definition) is 5. The van der Waals surface area contributed by atoms with Crippen molar-refractivity contribution in [1.82, 2.24) is 4.98 Å². The first-order chi connectivity index (χ1) is 9.47. The topological polar surface area (TPSA) is 103 Å². The van der Waals surface area contributed by atoms with E-state index >= 15 is 0 Å². The molecular formula is C12H7FN2O5. The fourth-order valence-electron chi connectivity index (χ4n) is 1.43. The molecule has 2 rings (SSSR count). The number of nitrogens with zero attached hydrogens (tertiary/aromatic N) is 2. The molecule has 0 aliphatic heterocycles. The minimum Gasteiger partial charge on any atom is -0.478 e. The number of aromatic carboxylic acids is 1. The predicted molar refractivity (Wildman–Crippen MR) is 64.3 cm³/mol. The number of nitro benzene ring substituents is 1. The molecule has 0 spiro atoms. The fraction of sp³-hybridized carbons (Fsp3) is 0. The van der Waals surface area contributed by atoms with Gasteiger partial charge in [0.15, 0.2) is 0 Å². The standard InChI is InChI=1S/C12H7FN2O5/c13-8-1-2-9(15(18)19)10(6-8)20-11-5-7(12(16)17)3-4-14-11/h1-6H,(H,16,17). The lowest BCUT2D eigenvalue weighted by Crippen LogP contribution is -1.99. The highest BCUT2D eigenvalue weighted by Gasteiger charge is 2.17. The van der Waals surface area contributed by atoms with Crippen molar-refractivity contribution in [3.8, 4) is 11.6 Å². The summed E-state index contributed by atoms with van der Waals surface area (Å²) in [7, 11) is 0. The van der Waals surface area contributed by atoms with Crippen molar-refractivity contribution in [2.75, 3.05) is 0 Å². The van der Waals surface area contributed by atoms with Gasteiger partial charge in [0.05, 0.1) is 10.5 Å². The number of rotatable bonds is 4. The highest BCUT2D eigenvalue weighted by molar-refractivity contribution is 5.87. The van der Waals surface area contributed by atoms with Gasteiger partial charge in [-0.1, -0.05) is 0 Å². The predicted octanol–water partition coefficient (Wildman–Crippen LogP) is 2.62. The van der Waals surface area contributed by atoms with E-state index in [1.54, 1.807) is 0 Å². The van der Waals surface area contributed by atoms with Gasteiger partial charge in [-0.3, -0.25) is 10.1 Å². The van der Waals surface area contributed by atoms with Crippen LogP contribution in [0.1, 0.15) is 10.4 Å². The van der Waals surface area contributed by atoms with Crippen molar-refractivity contribution in [2.45, 2.75) is 0 Å². The van der Waals surface area contributed by atoms with Crippen LogP contribution in [-0.4, -0.2) is 21.0 Å². The van der Waals surface area contributed by atoms with Crippen LogP contribution in [0.3, 0.4) is 0 Å². The number of ether oxygens (including phenoxy) is 1. The van der Waals surface area contributed by atoms with Crippen LogP contribution in [-0.2, 0) is 0 Å². The van der Waals surface area contributed by atoms with E-state index in [4.69, 9.17) is 9.84 Å². The van der Waals surface area contributed by atoms with Gasteiger partial charge in [0.2, 0.25) is 11.6 Å². The zero-order valence-electron chi connectivity index (χ0n) is 9.82. The number of carboxylic acid groups (broad SMARTS) is 1. The molecule has 1 aromatic heterocycles. The minimum absolute atomic E-state index is 0.103. The largest absolute Gasteiger partial charge is 0.478 e. The molecule has 0 unspecified atom stereocenters. The van der Waals surface area contributed by atoms with Crippen LogP contribution in [0.25, 0.3) is 0 Å². The fourth-order valence-corrected chi connectivity index (χ4v) is 1.43. The summed E-state index contributed by atoms with van der Waals surface area (Å²) in [4.78, 5) is 24.5. The van der Waals surface area contributed by atoms with E-state index in [2.05, 4.69) is 4.98 Å². The molecule has 1 aromatic carbocycles. The summed E-state index contributed by atoms with van der Waals surface area (Å²) in [6, 6.07) is 5.01. The van der Waals surface area contributed by atoms with Gasteiger partial charge in [0.25, 0.3) is 0 Å². The molecule has 0 bridgehead atoms. The second-order valence-corrected chi connectivity index (χ2v) is 3.66. The summed E-state index contributed by atoms with van der Waals surface area (Å²) in [5.41, 5.74) is -0.553. The molecule has 0 radical (unpaired) electrons. The number of benzene rings is 1. The Labute approximate surface area is 111 Å². The Bertz CT molecular complexity index is 689. The minimum atomic E-state index is -1.20. The van der Waals surface area contributed by atoms with E-state index in [0.29, 0.717) is 0 Å². The summed E-state index contributed by atoms with van der Waals surface area (Å²) in [6.45, 7) is 0. The van der Waals surface area contributed by atoms with Crippen LogP contribution in [0.2, 0.25) is 0 Å². The number of nitro groups is 1. The number of halogens is 1. The summed E-state index contributed by atoms with van der Waals surface area (Å²) in [5, 5.41) is 19.6. The molecular weight excluding hydrogens is 271 g/mol. The monoisotopic (exact) mass is 278 g/mol. The molecule has 0 amide bonds. The molecule has 0 saturated carbocycles.